The van der Waals surface area contributed by atoms with Gasteiger partial charge in [-0.05, 0) is 48.7 Å². The molecule has 0 aliphatic heterocycles. The highest BCUT2D eigenvalue weighted by molar-refractivity contribution is 9.10. The molecule has 2 N–H and O–H groups in total. The number of aromatic nitrogens is 4. The average Bonchev–Trinajstić information content (AvgIpc) is 2.68. The van der Waals surface area contributed by atoms with E-state index in [1.165, 1.54) is 11.8 Å². The lowest BCUT2D eigenvalue weighted by atomic mass is 10.1. The minimum absolute atomic E-state index is 0.212. The summed E-state index contributed by atoms with van der Waals surface area (Å²) in [6.07, 6.45) is 2.22. The van der Waals surface area contributed by atoms with Gasteiger partial charge < -0.3 is 5.32 Å². The zero-order valence-electron chi connectivity index (χ0n) is 15.6. The molecule has 2 heterocycles. The van der Waals surface area contributed by atoms with E-state index >= 15 is 0 Å². The Morgan fingerprint density at radius 3 is 2.76 bits per heavy atom. The molecule has 0 atom stereocenters. The Hall–Kier alpha value is -3.26. The number of benzene rings is 2. The summed E-state index contributed by atoms with van der Waals surface area (Å²) in [7, 11) is 0. The minimum Gasteiger partial charge on any atom is -0.354 e. The van der Waals surface area contributed by atoms with Crippen molar-refractivity contribution in [3.8, 4) is 5.69 Å². The molecule has 8 heteroatoms. The third-order valence-electron chi connectivity index (χ3n) is 4.50. The van der Waals surface area contributed by atoms with E-state index in [0.29, 0.717) is 18.2 Å². The molecule has 0 saturated carbocycles. The number of H-pyrrole nitrogens is 1. The molecule has 0 fully saturated rings. The van der Waals surface area contributed by atoms with E-state index in [0.717, 1.165) is 21.0 Å². The van der Waals surface area contributed by atoms with Crippen LogP contribution >= 0.6 is 15.9 Å². The lowest BCUT2D eigenvalue weighted by Gasteiger charge is -2.08. The van der Waals surface area contributed by atoms with Crippen LogP contribution in [0.5, 0.6) is 0 Å². The van der Waals surface area contributed by atoms with Crippen molar-refractivity contribution in [1.82, 2.24) is 19.5 Å². The normalized spacial score (nSPS) is 11.0. The molecule has 2 aromatic heterocycles. The molecule has 0 spiro atoms. The van der Waals surface area contributed by atoms with Crippen LogP contribution in [0.3, 0.4) is 0 Å². The van der Waals surface area contributed by atoms with Gasteiger partial charge >= 0.3 is 5.69 Å². The van der Waals surface area contributed by atoms with Gasteiger partial charge in [0.2, 0.25) is 5.95 Å². The summed E-state index contributed by atoms with van der Waals surface area (Å²) in [4.78, 5) is 36.6. The lowest BCUT2D eigenvalue weighted by molar-refractivity contribution is 0.889. The van der Waals surface area contributed by atoms with Crippen molar-refractivity contribution in [2.75, 3.05) is 11.9 Å². The van der Waals surface area contributed by atoms with Crippen LogP contribution in [0.2, 0.25) is 0 Å². The summed E-state index contributed by atoms with van der Waals surface area (Å²) in [5.41, 5.74) is 1.86. The molecule has 0 amide bonds. The molecule has 4 aromatic rings. The molecule has 0 unspecified atom stereocenters. The third kappa shape index (κ3) is 4.12. The first kappa shape index (κ1) is 19.1. The van der Waals surface area contributed by atoms with E-state index in [1.807, 2.05) is 37.3 Å². The zero-order valence-corrected chi connectivity index (χ0v) is 17.2. The predicted octanol–water partition coefficient (Wildman–Crippen LogP) is 3.19. The summed E-state index contributed by atoms with van der Waals surface area (Å²) in [5, 5.41) is 3.38. The first-order valence-corrected chi connectivity index (χ1v) is 9.88. The molecule has 0 bridgehead atoms. The maximum absolute atomic E-state index is 12.8. The molecule has 0 aliphatic carbocycles. The molecule has 4 rings (SSSR count). The van der Waals surface area contributed by atoms with Gasteiger partial charge in [0.1, 0.15) is 5.39 Å². The highest BCUT2D eigenvalue weighted by Crippen LogP contribution is 2.13. The van der Waals surface area contributed by atoms with Gasteiger partial charge in [-0.25, -0.2) is 14.3 Å². The van der Waals surface area contributed by atoms with Crippen molar-refractivity contribution in [2.45, 2.75) is 13.3 Å². The highest BCUT2D eigenvalue weighted by atomic mass is 79.9. The van der Waals surface area contributed by atoms with E-state index in [9.17, 15) is 9.59 Å². The Morgan fingerprint density at radius 2 is 1.97 bits per heavy atom. The van der Waals surface area contributed by atoms with Crippen LogP contribution in [-0.2, 0) is 6.42 Å². The second-order valence-electron chi connectivity index (χ2n) is 6.67. The van der Waals surface area contributed by atoms with E-state index in [-0.39, 0.29) is 11.0 Å². The standard InChI is InChI=1S/C21H18BrN5O2/c1-13-4-2-7-16(10-13)27-19(28)17-12-24-20(25-18(17)26-21(27)29)23-9-8-14-5-3-6-15(22)11-14/h2-7,10-12H,8-9H2,1H3,(H2,23,24,25,26,29). The van der Waals surface area contributed by atoms with Gasteiger partial charge in [0.15, 0.2) is 5.65 Å². The van der Waals surface area contributed by atoms with Crippen LogP contribution in [0, 0.1) is 6.92 Å². The van der Waals surface area contributed by atoms with Gasteiger partial charge in [-0.3, -0.25) is 9.78 Å². The fourth-order valence-electron chi connectivity index (χ4n) is 3.10. The number of rotatable bonds is 5. The number of fused-ring (bicyclic) bond motifs is 1. The number of anilines is 1. The fraction of sp³-hybridized carbons (Fsp3) is 0.143. The maximum Gasteiger partial charge on any atom is 0.334 e. The van der Waals surface area contributed by atoms with Crippen molar-refractivity contribution in [3.63, 3.8) is 0 Å². The smallest absolute Gasteiger partial charge is 0.334 e. The van der Waals surface area contributed by atoms with E-state index in [4.69, 9.17) is 0 Å². The van der Waals surface area contributed by atoms with Gasteiger partial charge in [-0.2, -0.15) is 4.98 Å². The van der Waals surface area contributed by atoms with E-state index in [2.05, 4.69) is 36.2 Å². The summed E-state index contributed by atoms with van der Waals surface area (Å²) < 4.78 is 2.12. The van der Waals surface area contributed by atoms with E-state index in [1.54, 1.807) is 18.2 Å². The Morgan fingerprint density at radius 1 is 1.14 bits per heavy atom. The topological polar surface area (TPSA) is 92.7 Å². The van der Waals surface area contributed by atoms with Crippen molar-refractivity contribution in [3.05, 3.63) is 91.2 Å². The Bertz CT molecular complexity index is 1310. The number of halogens is 1. The van der Waals surface area contributed by atoms with Gasteiger partial charge in [0.05, 0.1) is 5.69 Å². The molecule has 0 saturated heterocycles. The molecule has 29 heavy (non-hydrogen) atoms. The molecule has 7 nitrogen and oxygen atoms in total. The summed E-state index contributed by atoms with van der Waals surface area (Å²) >= 11 is 3.46. The van der Waals surface area contributed by atoms with Crippen molar-refractivity contribution in [2.24, 2.45) is 0 Å². The first-order valence-electron chi connectivity index (χ1n) is 9.09. The van der Waals surface area contributed by atoms with Crippen molar-refractivity contribution < 1.29 is 0 Å². The molecule has 0 radical (unpaired) electrons. The number of hydrogen-bond acceptors (Lipinski definition) is 5. The largest absolute Gasteiger partial charge is 0.354 e. The van der Waals surface area contributed by atoms with E-state index < -0.39 is 11.2 Å². The van der Waals surface area contributed by atoms with Crippen molar-refractivity contribution >= 4 is 32.9 Å². The van der Waals surface area contributed by atoms with Gasteiger partial charge in [-0.1, -0.05) is 40.2 Å². The van der Waals surface area contributed by atoms with Crippen molar-refractivity contribution in [1.29, 1.82) is 0 Å². The highest BCUT2D eigenvalue weighted by Gasteiger charge is 2.12. The number of aromatic amines is 1. The van der Waals surface area contributed by atoms with Crippen LogP contribution in [0.1, 0.15) is 11.1 Å². The minimum atomic E-state index is -0.535. The summed E-state index contributed by atoms with van der Waals surface area (Å²) in [5.74, 6) is 0.357. The monoisotopic (exact) mass is 451 g/mol. The Kier molecular flexibility index (Phi) is 5.26. The molecule has 146 valence electrons. The van der Waals surface area contributed by atoms with Crippen LogP contribution in [0.4, 0.5) is 5.95 Å². The third-order valence-corrected chi connectivity index (χ3v) is 4.99. The second kappa shape index (κ2) is 8.00. The molecular formula is C21H18BrN5O2. The Balaban J connectivity index is 1.61. The lowest BCUT2D eigenvalue weighted by Crippen LogP contribution is -2.34. The first-order chi connectivity index (χ1) is 14.0. The number of hydrogen-bond donors (Lipinski definition) is 2. The number of nitrogens with one attached hydrogen (secondary N) is 2. The van der Waals surface area contributed by atoms with Crippen LogP contribution in [-0.4, -0.2) is 26.1 Å². The average molecular weight is 452 g/mol. The number of aryl methyl sites for hydroxylation is 1. The van der Waals surface area contributed by atoms with Gasteiger partial charge in [0.25, 0.3) is 5.56 Å². The van der Waals surface area contributed by atoms with Crippen LogP contribution in [0.15, 0.2) is 68.8 Å². The summed E-state index contributed by atoms with van der Waals surface area (Å²) in [6, 6.07) is 15.2. The zero-order chi connectivity index (χ0) is 20.4. The molecule has 2 aromatic carbocycles. The van der Waals surface area contributed by atoms with Crippen LogP contribution in [0.25, 0.3) is 16.7 Å². The molecule has 0 aliphatic rings. The van der Waals surface area contributed by atoms with Crippen LogP contribution < -0.4 is 16.6 Å². The quantitative estimate of drug-likeness (QED) is 0.485. The maximum atomic E-state index is 12.8. The number of nitrogens with zero attached hydrogens (tertiary/aromatic N) is 3. The Labute approximate surface area is 174 Å². The SMILES string of the molecule is Cc1cccc(-n2c(=O)[nH]c3nc(NCCc4cccc(Br)c4)ncc3c2=O)c1. The van der Waals surface area contributed by atoms with Gasteiger partial charge in [0, 0.05) is 17.2 Å². The van der Waals surface area contributed by atoms with Gasteiger partial charge in [-0.15, -0.1) is 0 Å². The summed E-state index contributed by atoms with van der Waals surface area (Å²) in [6.45, 7) is 2.52. The fourth-order valence-corrected chi connectivity index (χ4v) is 3.55. The second-order valence-corrected chi connectivity index (χ2v) is 7.59. The predicted molar refractivity (Wildman–Crippen MR) is 117 cm³/mol. The molecular weight excluding hydrogens is 434 g/mol.